The first-order chi connectivity index (χ1) is 13.9. The minimum absolute atomic E-state index is 0.0138. The van der Waals surface area contributed by atoms with Gasteiger partial charge >= 0.3 is 27.3 Å². The van der Waals surface area contributed by atoms with E-state index in [0.29, 0.717) is 11.1 Å². The van der Waals surface area contributed by atoms with Crippen molar-refractivity contribution in [3.63, 3.8) is 0 Å². The van der Waals surface area contributed by atoms with Gasteiger partial charge in [-0.15, -0.1) is 0 Å². The van der Waals surface area contributed by atoms with Crippen LogP contribution in [-0.2, 0) is 27.6 Å². The third kappa shape index (κ3) is 5.06. The molecular weight excluding hydrogens is 420 g/mol. The van der Waals surface area contributed by atoms with Crippen LogP contribution < -0.4 is 9.47 Å². The zero-order valence-corrected chi connectivity index (χ0v) is 16.4. The molecule has 0 aromatic heterocycles. The van der Waals surface area contributed by atoms with Crippen LogP contribution >= 0.6 is 0 Å². The molecule has 2 aromatic carbocycles. The molecule has 0 aliphatic heterocycles. The third-order valence-electron chi connectivity index (χ3n) is 3.94. The molecule has 0 saturated heterocycles. The maximum Gasteiger partial charge on any atom is 0.466 e. The van der Waals surface area contributed by atoms with Crippen LogP contribution in [0.25, 0.3) is 0 Å². The molecule has 2 aromatic rings. The predicted molar refractivity (Wildman–Crippen MR) is 104 cm³/mol. The third-order valence-corrected chi connectivity index (χ3v) is 4.75. The van der Waals surface area contributed by atoms with Crippen molar-refractivity contribution in [1.29, 1.82) is 0 Å². The molecule has 30 heavy (non-hydrogen) atoms. The van der Waals surface area contributed by atoms with Gasteiger partial charge in [-0.05, 0) is 42.8 Å². The van der Waals surface area contributed by atoms with Gasteiger partial charge in [-0.1, -0.05) is 29.8 Å². The highest BCUT2D eigenvalue weighted by molar-refractivity contribution is 7.87. The van der Waals surface area contributed by atoms with E-state index < -0.39 is 33.1 Å². The van der Waals surface area contributed by atoms with E-state index in [1.54, 1.807) is 19.1 Å². The summed E-state index contributed by atoms with van der Waals surface area (Å²) in [5.74, 6) is -3.71. The number of hydrogen-bond acceptors (Lipinski definition) is 6. The van der Waals surface area contributed by atoms with Gasteiger partial charge in [0.05, 0.1) is 21.3 Å². The Morgan fingerprint density at radius 3 is 2.03 bits per heavy atom. The monoisotopic (exact) mass is 434 g/mol. The fourth-order valence-corrected chi connectivity index (χ4v) is 2.76. The summed E-state index contributed by atoms with van der Waals surface area (Å²) in [7, 11) is 5.39. The van der Waals surface area contributed by atoms with E-state index >= 15 is 0 Å². The molecule has 0 unspecified atom stereocenters. The highest BCUT2D eigenvalue weighted by Gasteiger charge is 2.54. The number of hydrogen-bond donors (Lipinski definition) is 1. The van der Waals surface area contributed by atoms with E-state index in [-0.39, 0.29) is 24.0 Å². The molecule has 0 atom stereocenters. The van der Waals surface area contributed by atoms with Crippen LogP contribution in [0.15, 0.2) is 36.4 Å². The van der Waals surface area contributed by atoms with Crippen LogP contribution in [0, 0.1) is 6.92 Å². The quantitative estimate of drug-likeness (QED) is 0.307. The number of carbonyl (C=O) groups excluding carboxylic acids is 2. The number of carbonyl (C=O) groups is 2. The predicted octanol–water partition coefficient (Wildman–Crippen LogP) is 1.94. The second-order valence-electron chi connectivity index (χ2n) is 6.10. The van der Waals surface area contributed by atoms with Crippen LogP contribution in [0.1, 0.15) is 27.0 Å². The molecule has 0 saturated carbocycles. The molecule has 7 nitrogen and oxygen atoms in total. The van der Waals surface area contributed by atoms with Gasteiger partial charge in [-0.2, -0.15) is 17.2 Å². The van der Waals surface area contributed by atoms with Crippen molar-refractivity contribution in [2.45, 2.75) is 24.8 Å². The smallest absolute Gasteiger partial charge is 0.423 e. The lowest BCUT2D eigenvalue weighted by Crippen LogP contribution is -2.40. The summed E-state index contributed by atoms with van der Waals surface area (Å²) in [5.41, 5.74) is 2.18. The van der Waals surface area contributed by atoms with Crippen LogP contribution in [0.2, 0.25) is 0 Å². The van der Waals surface area contributed by atoms with Crippen LogP contribution in [-0.4, -0.2) is 45.9 Å². The zero-order chi connectivity index (χ0) is 22.7. The number of ether oxygens (including phenoxy) is 2. The van der Waals surface area contributed by atoms with Gasteiger partial charge in [0.25, 0.3) is 0 Å². The summed E-state index contributed by atoms with van der Waals surface area (Å²) in [6.07, 6.45) is 0.219. The van der Waals surface area contributed by atoms with Gasteiger partial charge in [0.1, 0.15) is 11.5 Å². The van der Waals surface area contributed by atoms with Crippen LogP contribution in [0.3, 0.4) is 0 Å². The summed E-state index contributed by atoms with van der Waals surface area (Å²) in [6.45, 7) is 1.77. The number of esters is 2. The van der Waals surface area contributed by atoms with Crippen molar-refractivity contribution in [2.24, 2.45) is 0 Å². The molecule has 0 aliphatic rings. The van der Waals surface area contributed by atoms with Gasteiger partial charge < -0.3 is 9.47 Å². The molecule has 0 spiro atoms. The molecule has 0 heterocycles. The molecule has 0 bridgehead atoms. The van der Waals surface area contributed by atoms with Crippen LogP contribution in [0.5, 0.6) is 11.5 Å². The molecule has 0 amide bonds. The Labute approximate surface area is 173 Å². The minimum Gasteiger partial charge on any atom is -0.423 e. The van der Waals surface area contributed by atoms with E-state index in [1.807, 2.05) is 0 Å². The molecule has 2 rings (SSSR count). The number of rotatable bonds is 7. The van der Waals surface area contributed by atoms with Gasteiger partial charge in [-0.3, -0.25) is 4.55 Å². The first-order valence-electron chi connectivity index (χ1n) is 8.32. The van der Waals surface area contributed by atoms with E-state index in [0.717, 1.165) is 29.8 Å². The second-order valence-corrected chi connectivity index (χ2v) is 7.56. The average Bonchev–Trinajstić information content (AvgIpc) is 2.67. The Bertz CT molecular complexity index is 1070. The van der Waals surface area contributed by atoms with Gasteiger partial charge in [0, 0.05) is 0 Å². The van der Waals surface area contributed by atoms with E-state index in [2.05, 4.69) is 4.74 Å². The lowest BCUT2D eigenvalue weighted by atomic mass is 9.83. The topological polar surface area (TPSA) is 107 Å². The maximum absolute atomic E-state index is 13.2. The number of halogens is 2. The summed E-state index contributed by atoms with van der Waals surface area (Å²) < 4.78 is 65.4. The SMILES string of the molecule is [B]Cc1cc(C)cc(C(=O)Oc2ccc(OC(=O)C(F)(F)S(=O)(=O)O)cc2)c1C[B]. The molecule has 0 aliphatic carbocycles. The Morgan fingerprint density at radius 2 is 1.57 bits per heavy atom. The standard InChI is InChI=1S/C18H14B2F2O7S/c1-10-6-11(8-19)15(9-20)14(7-10)16(23)28-12-2-4-13(5-3-12)29-17(24)18(21,22)30(25,26)27/h2-7H,8-9H2,1H3,(H,25,26,27). The van der Waals surface area contributed by atoms with Crippen molar-refractivity contribution in [1.82, 2.24) is 0 Å². The molecule has 0 fully saturated rings. The maximum atomic E-state index is 13.2. The van der Waals surface area contributed by atoms with Crippen molar-refractivity contribution in [2.75, 3.05) is 0 Å². The second kappa shape index (κ2) is 8.97. The summed E-state index contributed by atoms with van der Waals surface area (Å²) in [4.78, 5) is 23.8. The van der Waals surface area contributed by atoms with Gasteiger partial charge in [0.2, 0.25) is 0 Å². The minimum atomic E-state index is -5.99. The summed E-state index contributed by atoms with van der Waals surface area (Å²) in [5, 5.41) is -5.14. The van der Waals surface area contributed by atoms with Crippen molar-refractivity contribution in [3.8, 4) is 11.5 Å². The Morgan fingerprint density at radius 1 is 1.03 bits per heavy atom. The number of alkyl halides is 2. The molecule has 4 radical (unpaired) electrons. The van der Waals surface area contributed by atoms with Crippen molar-refractivity contribution < 1.29 is 40.8 Å². The largest absolute Gasteiger partial charge is 0.466 e. The van der Waals surface area contributed by atoms with E-state index in [1.165, 1.54) is 0 Å². The molecular formula is C18H14B2F2O7S. The lowest BCUT2D eigenvalue weighted by molar-refractivity contribution is -0.151. The van der Waals surface area contributed by atoms with E-state index in [9.17, 15) is 26.8 Å². The number of aryl methyl sites for hydroxylation is 1. The Balaban J connectivity index is 2.18. The highest BCUT2D eigenvalue weighted by Crippen LogP contribution is 2.26. The van der Waals surface area contributed by atoms with Crippen molar-refractivity contribution >= 4 is 37.7 Å². The van der Waals surface area contributed by atoms with E-state index in [4.69, 9.17) is 25.0 Å². The first-order valence-corrected chi connectivity index (χ1v) is 9.76. The van der Waals surface area contributed by atoms with Crippen molar-refractivity contribution in [3.05, 3.63) is 58.7 Å². The summed E-state index contributed by atoms with van der Waals surface area (Å²) >= 11 is 0. The lowest BCUT2D eigenvalue weighted by Gasteiger charge is -2.14. The molecule has 12 heteroatoms. The normalized spacial score (nSPS) is 11.7. The number of benzene rings is 2. The van der Waals surface area contributed by atoms with Gasteiger partial charge in [0.15, 0.2) is 0 Å². The Hall–Kier alpha value is -2.72. The molecule has 1 N–H and O–H groups in total. The first kappa shape index (κ1) is 23.6. The Kier molecular flexibility index (Phi) is 7.04. The zero-order valence-electron chi connectivity index (χ0n) is 15.6. The molecule has 154 valence electrons. The summed E-state index contributed by atoms with van der Waals surface area (Å²) in [6, 6.07) is 7.63. The fourth-order valence-electron chi connectivity index (χ4n) is 2.51. The van der Waals surface area contributed by atoms with Crippen LogP contribution in [0.4, 0.5) is 8.78 Å². The van der Waals surface area contributed by atoms with Gasteiger partial charge in [-0.25, -0.2) is 9.59 Å². The average molecular weight is 434 g/mol. The highest BCUT2D eigenvalue weighted by atomic mass is 32.2. The fraction of sp³-hybridized carbons (Fsp3) is 0.222.